The highest BCUT2D eigenvalue weighted by atomic mass is 35.5. The minimum Gasteiger partial charge on any atom is -0.438 e. The third-order valence-corrected chi connectivity index (χ3v) is 3.93. The number of nitrogens with one attached hydrogen (secondary N) is 1. The number of halogens is 4. The van der Waals surface area contributed by atoms with E-state index in [2.05, 4.69) is 10.3 Å². The average molecular weight is 434 g/mol. The molecule has 0 aliphatic rings. The predicted molar refractivity (Wildman–Crippen MR) is 105 cm³/mol. The Morgan fingerprint density at radius 2 is 1.83 bits per heavy atom. The molecule has 0 atom stereocenters. The summed E-state index contributed by atoms with van der Waals surface area (Å²) in [6.45, 7) is 0. The van der Waals surface area contributed by atoms with E-state index in [9.17, 15) is 13.2 Å². The van der Waals surface area contributed by atoms with Gasteiger partial charge in [-0.15, -0.1) is 0 Å². The van der Waals surface area contributed by atoms with Crippen molar-refractivity contribution < 1.29 is 17.9 Å². The van der Waals surface area contributed by atoms with Gasteiger partial charge in [-0.1, -0.05) is 11.6 Å². The number of pyridine rings is 1. The number of nitriles is 2. The lowest BCUT2D eigenvalue weighted by molar-refractivity contribution is -0.137. The summed E-state index contributed by atoms with van der Waals surface area (Å²) in [6.07, 6.45) is -0.750. The topological polar surface area (TPSA) is 85.0 Å². The van der Waals surface area contributed by atoms with E-state index in [1.807, 2.05) is 12.1 Å². The monoisotopic (exact) mass is 433 g/mol. The van der Waals surface area contributed by atoms with Crippen LogP contribution in [0.15, 0.2) is 60.1 Å². The van der Waals surface area contributed by atoms with Crippen molar-refractivity contribution in [2.24, 2.45) is 0 Å². The zero-order valence-electron chi connectivity index (χ0n) is 15.8. The van der Waals surface area contributed by atoms with Gasteiger partial charge in [0, 0.05) is 32.2 Å². The van der Waals surface area contributed by atoms with Gasteiger partial charge in [-0.05, 0) is 36.4 Å². The maximum Gasteiger partial charge on any atom is 0.417 e. The highest BCUT2D eigenvalue weighted by molar-refractivity contribution is 6.31. The molecular weight excluding hydrogens is 419 g/mol. The Hall–Kier alpha value is -3.69. The van der Waals surface area contributed by atoms with Gasteiger partial charge in [0.15, 0.2) is 5.57 Å². The van der Waals surface area contributed by atoms with Gasteiger partial charge < -0.3 is 15.0 Å². The SMILES string of the molecule is CN(C)C(C=CNc1ccc(Oc2ncc(C(F)(F)F)cc2Cl)cc1)=C(C#N)C#N. The van der Waals surface area contributed by atoms with Gasteiger partial charge >= 0.3 is 6.18 Å². The second-order valence-corrected chi connectivity index (χ2v) is 6.40. The molecule has 2 aromatic rings. The molecule has 30 heavy (non-hydrogen) atoms. The summed E-state index contributed by atoms with van der Waals surface area (Å²) in [5.74, 6) is 0.176. The van der Waals surface area contributed by atoms with Crippen LogP contribution in [0.25, 0.3) is 0 Å². The van der Waals surface area contributed by atoms with Crippen LogP contribution in [0.5, 0.6) is 11.6 Å². The molecule has 1 N–H and O–H groups in total. The van der Waals surface area contributed by atoms with Crippen molar-refractivity contribution in [1.29, 1.82) is 10.5 Å². The maximum absolute atomic E-state index is 12.7. The second-order valence-electron chi connectivity index (χ2n) is 5.99. The first-order chi connectivity index (χ1) is 14.2. The molecule has 6 nitrogen and oxygen atoms in total. The Labute approximate surface area is 176 Å². The Morgan fingerprint density at radius 1 is 1.20 bits per heavy atom. The van der Waals surface area contributed by atoms with Crippen molar-refractivity contribution in [3.05, 3.63) is 70.7 Å². The number of benzene rings is 1. The van der Waals surface area contributed by atoms with E-state index >= 15 is 0 Å². The molecule has 2 rings (SSSR count). The molecule has 0 aliphatic heterocycles. The van der Waals surface area contributed by atoms with E-state index in [-0.39, 0.29) is 16.5 Å². The predicted octanol–water partition coefficient (Wildman–Crippen LogP) is 5.33. The van der Waals surface area contributed by atoms with Crippen LogP contribution < -0.4 is 10.1 Å². The Kier molecular flexibility index (Phi) is 7.29. The lowest BCUT2D eigenvalue weighted by Gasteiger charge is -2.13. The third kappa shape index (κ3) is 5.90. The molecule has 10 heteroatoms. The van der Waals surface area contributed by atoms with Crippen molar-refractivity contribution in [3.8, 4) is 23.8 Å². The minimum atomic E-state index is -4.54. The van der Waals surface area contributed by atoms with E-state index in [1.54, 1.807) is 55.5 Å². The average Bonchev–Trinajstić information content (AvgIpc) is 2.69. The van der Waals surface area contributed by atoms with Crippen molar-refractivity contribution in [3.63, 3.8) is 0 Å². The Morgan fingerprint density at radius 3 is 2.33 bits per heavy atom. The molecule has 0 saturated heterocycles. The molecule has 0 amide bonds. The van der Waals surface area contributed by atoms with Gasteiger partial charge in [0.05, 0.1) is 11.3 Å². The zero-order valence-corrected chi connectivity index (χ0v) is 16.6. The Bertz CT molecular complexity index is 1030. The minimum absolute atomic E-state index is 0.0253. The fourth-order valence-electron chi connectivity index (χ4n) is 2.20. The standard InChI is InChI=1S/C20H15ClF3N5O/c1-29(2)18(13(10-25)11-26)7-8-27-15-3-5-16(6-4-15)30-19-17(21)9-14(12-28-19)20(22,23)24/h3-9,12,27H,1-2H3. The highest BCUT2D eigenvalue weighted by Crippen LogP contribution is 2.34. The number of likely N-dealkylation sites (N-methyl/N-ethyl adjacent to an activating group) is 1. The van der Waals surface area contributed by atoms with Gasteiger partial charge in [-0.25, -0.2) is 4.98 Å². The molecule has 0 radical (unpaired) electrons. The summed E-state index contributed by atoms with van der Waals surface area (Å²) in [5.41, 5.74) is 0.116. The number of rotatable bonds is 6. The number of hydrogen-bond donors (Lipinski definition) is 1. The first kappa shape index (κ1) is 22.6. The molecule has 1 aromatic heterocycles. The van der Waals surface area contributed by atoms with E-state index in [0.29, 0.717) is 23.3 Å². The van der Waals surface area contributed by atoms with Crippen LogP contribution in [0, 0.1) is 22.7 Å². The lowest BCUT2D eigenvalue weighted by Crippen LogP contribution is -2.11. The lowest BCUT2D eigenvalue weighted by atomic mass is 10.2. The molecule has 154 valence electrons. The molecule has 0 unspecified atom stereocenters. The van der Waals surface area contributed by atoms with E-state index in [0.717, 1.165) is 6.07 Å². The number of ether oxygens (including phenoxy) is 1. The van der Waals surface area contributed by atoms with Crippen LogP contribution in [0.3, 0.4) is 0 Å². The number of hydrogen-bond acceptors (Lipinski definition) is 6. The molecule has 0 saturated carbocycles. The summed E-state index contributed by atoms with van der Waals surface area (Å²) in [5, 5.41) is 20.7. The zero-order chi connectivity index (χ0) is 22.3. The van der Waals surface area contributed by atoms with Crippen molar-refractivity contribution in [1.82, 2.24) is 9.88 Å². The van der Waals surface area contributed by atoms with E-state index in [4.69, 9.17) is 26.9 Å². The van der Waals surface area contributed by atoms with Crippen LogP contribution in [0.2, 0.25) is 5.02 Å². The number of aromatic nitrogens is 1. The molecule has 0 fully saturated rings. The smallest absolute Gasteiger partial charge is 0.417 e. The summed E-state index contributed by atoms with van der Waals surface area (Å²) in [7, 11) is 3.42. The first-order valence-electron chi connectivity index (χ1n) is 8.31. The van der Waals surface area contributed by atoms with Gasteiger partial charge in [0.25, 0.3) is 0 Å². The quantitative estimate of drug-likeness (QED) is 0.489. The first-order valence-corrected chi connectivity index (χ1v) is 8.69. The fraction of sp³-hybridized carbons (Fsp3) is 0.150. The molecule has 0 bridgehead atoms. The molecular formula is C20H15ClF3N5O. The normalized spacial score (nSPS) is 10.8. The van der Waals surface area contributed by atoms with Gasteiger partial charge in [0.1, 0.15) is 22.9 Å². The summed E-state index contributed by atoms with van der Waals surface area (Å²) >= 11 is 5.83. The molecule has 0 spiro atoms. The molecule has 1 aromatic carbocycles. The molecule has 0 aliphatic carbocycles. The van der Waals surface area contributed by atoms with E-state index < -0.39 is 11.7 Å². The van der Waals surface area contributed by atoms with Crippen LogP contribution in [0.4, 0.5) is 18.9 Å². The van der Waals surface area contributed by atoms with Gasteiger partial charge in [-0.3, -0.25) is 0 Å². The van der Waals surface area contributed by atoms with Gasteiger partial charge in [-0.2, -0.15) is 23.7 Å². The van der Waals surface area contributed by atoms with Crippen LogP contribution in [0.1, 0.15) is 5.56 Å². The number of anilines is 1. The largest absolute Gasteiger partial charge is 0.438 e. The third-order valence-electron chi connectivity index (χ3n) is 3.66. The molecule has 1 heterocycles. The maximum atomic E-state index is 12.7. The van der Waals surface area contributed by atoms with Gasteiger partial charge in [0.2, 0.25) is 5.88 Å². The van der Waals surface area contributed by atoms with Crippen molar-refractivity contribution in [2.45, 2.75) is 6.18 Å². The number of allylic oxidation sites excluding steroid dienone is 2. The summed E-state index contributed by atoms with van der Waals surface area (Å²) in [6, 6.07) is 10.9. The fourth-order valence-corrected chi connectivity index (χ4v) is 2.40. The van der Waals surface area contributed by atoms with Crippen molar-refractivity contribution >= 4 is 17.3 Å². The van der Waals surface area contributed by atoms with Crippen LogP contribution >= 0.6 is 11.6 Å². The van der Waals surface area contributed by atoms with Crippen LogP contribution in [-0.4, -0.2) is 24.0 Å². The van der Waals surface area contributed by atoms with Crippen LogP contribution in [-0.2, 0) is 6.18 Å². The number of nitrogens with zero attached hydrogens (tertiary/aromatic N) is 4. The Balaban J connectivity index is 2.08. The second kappa shape index (κ2) is 9.68. The summed E-state index contributed by atoms with van der Waals surface area (Å²) in [4.78, 5) is 5.25. The summed E-state index contributed by atoms with van der Waals surface area (Å²) < 4.78 is 43.4. The highest BCUT2D eigenvalue weighted by Gasteiger charge is 2.31. The van der Waals surface area contributed by atoms with Crippen molar-refractivity contribution in [2.75, 3.05) is 19.4 Å². The number of alkyl halides is 3. The van der Waals surface area contributed by atoms with E-state index in [1.165, 1.54) is 0 Å².